The molecule has 1 aliphatic rings. The quantitative estimate of drug-likeness (QED) is 0.856. The molecule has 3 rings (SSSR count). The molecule has 1 aromatic carbocycles. The predicted molar refractivity (Wildman–Crippen MR) is 92.7 cm³/mol. The Morgan fingerprint density at radius 2 is 1.95 bits per heavy atom. The van der Waals surface area contributed by atoms with E-state index in [0.29, 0.717) is 0 Å². The molecule has 0 bridgehead atoms. The van der Waals surface area contributed by atoms with Gasteiger partial charge in [0.1, 0.15) is 0 Å². The summed E-state index contributed by atoms with van der Waals surface area (Å²) in [6.45, 7) is 7.46. The van der Waals surface area contributed by atoms with Crippen LogP contribution in [0.5, 0.6) is 0 Å². The second kappa shape index (κ2) is 6.50. The van der Waals surface area contributed by atoms with Crippen molar-refractivity contribution >= 4 is 22.7 Å². The Bertz CT molecular complexity index is 593. The fourth-order valence-electron chi connectivity index (χ4n) is 2.80. The van der Waals surface area contributed by atoms with Gasteiger partial charge in [-0.25, -0.2) is 0 Å². The molecule has 0 spiro atoms. The lowest BCUT2D eigenvalue weighted by Gasteiger charge is -2.37. The molecule has 0 aliphatic carbocycles. The van der Waals surface area contributed by atoms with Crippen LogP contribution in [-0.2, 0) is 6.54 Å². The summed E-state index contributed by atoms with van der Waals surface area (Å²) in [4.78, 5) is 6.28. The van der Waals surface area contributed by atoms with Crippen LogP contribution in [0.2, 0.25) is 0 Å². The van der Waals surface area contributed by atoms with E-state index < -0.39 is 0 Å². The van der Waals surface area contributed by atoms with Crippen molar-refractivity contribution in [3.8, 4) is 0 Å². The van der Waals surface area contributed by atoms with E-state index in [1.54, 1.807) is 0 Å². The lowest BCUT2D eigenvalue weighted by molar-refractivity contribution is 0.650. The van der Waals surface area contributed by atoms with Crippen molar-refractivity contribution in [2.45, 2.75) is 13.5 Å². The summed E-state index contributed by atoms with van der Waals surface area (Å²) in [7, 11) is 2.17. The molecule has 21 heavy (non-hydrogen) atoms. The van der Waals surface area contributed by atoms with Gasteiger partial charge in [0, 0.05) is 44.6 Å². The average molecular weight is 301 g/mol. The number of nitrogens with one attached hydrogen (secondary N) is 1. The van der Waals surface area contributed by atoms with Crippen molar-refractivity contribution in [2.24, 2.45) is 0 Å². The van der Waals surface area contributed by atoms with Crippen molar-refractivity contribution < 1.29 is 0 Å². The number of benzene rings is 1. The summed E-state index contributed by atoms with van der Waals surface area (Å²) in [6.07, 6.45) is 0. The van der Waals surface area contributed by atoms with Crippen molar-refractivity contribution in [3.63, 3.8) is 0 Å². The summed E-state index contributed by atoms with van der Waals surface area (Å²) >= 11 is 1.84. The number of likely N-dealkylation sites (N-methyl/N-ethyl adjacent to an activating group) is 1. The first-order valence-electron chi connectivity index (χ1n) is 7.54. The normalized spacial score (nSPS) is 14.4. The number of aryl methyl sites for hydroxylation is 1. The molecule has 1 N–H and O–H groups in total. The highest BCUT2D eigenvalue weighted by atomic mass is 32.1. The Morgan fingerprint density at radius 1 is 1.14 bits per heavy atom. The van der Waals surface area contributed by atoms with Gasteiger partial charge in [0.2, 0.25) is 0 Å². The second-order valence-electron chi connectivity index (χ2n) is 5.60. The Labute approximate surface area is 131 Å². The van der Waals surface area contributed by atoms with Gasteiger partial charge in [-0.15, -0.1) is 11.3 Å². The Morgan fingerprint density at radius 3 is 2.71 bits per heavy atom. The summed E-state index contributed by atoms with van der Waals surface area (Å²) in [5.74, 6) is 0. The van der Waals surface area contributed by atoms with Crippen LogP contribution in [0, 0.1) is 6.92 Å². The van der Waals surface area contributed by atoms with E-state index in [4.69, 9.17) is 0 Å². The van der Waals surface area contributed by atoms with Crippen molar-refractivity contribution in [3.05, 3.63) is 46.2 Å². The van der Waals surface area contributed by atoms with E-state index in [0.717, 1.165) is 32.7 Å². The largest absolute Gasteiger partial charge is 0.371 e. The standard InChI is InChI=1S/C17H23N3S/c1-14-7-12-21-17(14)13-18-8-9-20-11-10-19(2)15-5-3-4-6-16(15)20/h3-7,12,18H,8-11,13H2,1-2H3. The molecule has 0 saturated heterocycles. The number of hydrogen-bond donors (Lipinski definition) is 1. The number of rotatable bonds is 5. The van der Waals surface area contributed by atoms with Crippen molar-refractivity contribution in [1.82, 2.24) is 5.32 Å². The summed E-state index contributed by atoms with van der Waals surface area (Å²) in [5, 5.41) is 5.74. The van der Waals surface area contributed by atoms with E-state index in [2.05, 4.69) is 64.8 Å². The van der Waals surface area contributed by atoms with Gasteiger partial charge in [-0.3, -0.25) is 0 Å². The molecule has 4 heteroatoms. The van der Waals surface area contributed by atoms with Gasteiger partial charge in [-0.2, -0.15) is 0 Å². The van der Waals surface area contributed by atoms with Crippen LogP contribution < -0.4 is 15.1 Å². The maximum Gasteiger partial charge on any atom is 0.0605 e. The molecule has 0 atom stereocenters. The maximum atomic E-state index is 3.57. The van der Waals surface area contributed by atoms with Gasteiger partial charge in [-0.05, 0) is 36.1 Å². The maximum absolute atomic E-state index is 3.57. The van der Waals surface area contributed by atoms with Crippen LogP contribution >= 0.6 is 11.3 Å². The fraction of sp³-hybridized carbons (Fsp3) is 0.412. The molecule has 0 radical (unpaired) electrons. The average Bonchev–Trinajstić information content (AvgIpc) is 2.91. The van der Waals surface area contributed by atoms with Gasteiger partial charge in [0.05, 0.1) is 11.4 Å². The van der Waals surface area contributed by atoms with Crippen LogP contribution in [0.3, 0.4) is 0 Å². The molecule has 2 aromatic rings. The molecular formula is C17H23N3S. The lowest BCUT2D eigenvalue weighted by Crippen LogP contribution is -2.42. The van der Waals surface area contributed by atoms with Gasteiger partial charge in [0.25, 0.3) is 0 Å². The SMILES string of the molecule is Cc1ccsc1CNCCN1CCN(C)c2ccccc21. The first-order valence-corrected chi connectivity index (χ1v) is 8.42. The number of fused-ring (bicyclic) bond motifs is 1. The number of nitrogens with zero attached hydrogens (tertiary/aromatic N) is 2. The third-order valence-electron chi connectivity index (χ3n) is 4.15. The van der Waals surface area contributed by atoms with E-state index >= 15 is 0 Å². The van der Waals surface area contributed by atoms with E-state index in [-0.39, 0.29) is 0 Å². The highest BCUT2D eigenvalue weighted by Gasteiger charge is 2.18. The minimum atomic E-state index is 0.985. The lowest BCUT2D eigenvalue weighted by atomic mass is 10.2. The predicted octanol–water partition coefficient (Wildman–Crippen LogP) is 3.10. The Hall–Kier alpha value is -1.52. The van der Waals surface area contributed by atoms with E-state index in [1.165, 1.54) is 21.8 Å². The molecular weight excluding hydrogens is 278 g/mol. The molecule has 112 valence electrons. The number of hydrogen-bond acceptors (Lipinski definition) is 4. The van der Waals surface area contributed by atoms with Gasteiger partial charge < -0.3 is 15.1 Å². The van der Waals surface area contributed by atoms with E-state index in [1.807, 2.05) is 11.3 Å². The van der Waals surface area contributed by atoms with E-state index in [9.17, 15) is 0 Å². The molecule has 0 unspecified atom stereocenters. The van der Waals surface area contributed by atoms with Crippen LogP contribution in [0.25, 0.3) is 0 Å². The molecule has 0 amide bonds. The minimum Gasteiger partial charge on any atom is -0.371 e. The molecule has 1 aromatic heterocycles. The van der Waals surface area contributed by atoms with Crippen molar-refractivity contribution in [2.75, 3.05) is 43.0 Å². The summed E-state index contributed by atoms with van der Waals surface area (Å²) in [5.41, 5.74) is 4.11. The molecule has 1 aliphatic heterocycles. The molecule has 2 heterocycles. The third-order valence-corrected chi connectivity index (χ3v) is 5.17. The minimum absolute atomic E-state index is 0.985. The third kappa shape index (κ3) is 3.22. The molecule has 0 saturated carbocycles. The second-order valence-corrected chi connectivity index (χ2v) is 6.60. The first-order chi connectivity index (χ1) is 10.3. The zero-order valence-electron chi connectivity index (χ0n) is 12.8. The zero-order chi connectivity index (χ0) is 14.7. The topological polar surface area (TPSA) is 18.5 Å². The van der Waals surface area contributed by atoms with Crippen molar-refractivity contribution in [1.29, 1.82) is 0 Å². The highest BCUT2D eigenvalue weighted by Crippen LogP contribution is 2.31. The van der Waals surface area contributed by atoms with Crippen LogP contribution in [-0.4, -0.2) is 33.2 Å². The fourth-order valence-corrected chi connectivity index (χ4v) is 3.68. The zero-order valence-corrected chi connectivity index (χ0v) is 13.6. The first kappa shape index (κ1) is 14.4. The summed E-state index contributed by atoms with van der Waals surface area (Å²) < 4.78 is 0. The monoisotopic (exact) mass is 301 g/mol. The van der Waals surface area contributed by atoms with Crippen LogP contribution in [0.1, 0.15) is 10.4 Å². The van der Waals surface area contributed by atoms with Crippen LogP contribution in [0.4, 0.5) is 11.4 Å². The Kier molecular flexibility index (Phi) is 4.46. The number of anilines is 2. The summed E-state index contributed by atoms with van der Waals surface area (Å²) in [6, 6.07) is 10.9. The molecule has 0 fully saturated rings. The smallest absolute Gasteiger partial charge is 0.0605 e. The van der Waals surface area contributed by atoms with Gasteiger partial charge in [-0.1, -0.05) is 12.1 Å². The van der Waals surface area contributed by atoms with Gasteiger partial charge in [0.15, 0.2) is 0 Å². The number of thiophene rings is 1. The molecule has 3 nitrogen and oxygen atoms in total. The highest BCUT2D eigenvalue weighted by molar-refractivity contribution is 7.10. The number of para-hydroxylation sites is 2. The Balaban J connectivity index is 1.54. The van der Waals surface area contributed by atoms with Crippen LogP contribution in [0.15, 0.2) is 35.7 Å². The van der Waals surface area contributed by atoms with Gasteiger partial charge >= 0.3 is 0 Å².